The molecule has 0 aliphatic heterocycles. The van der Waals surface area contributed by atoms with Crippen LogP contribution in [0.5, 0.6) is 17.5 Å². The van der Waals surface area contributed by atoms with Gasteiger partial charge in [-0.1, -0.05) is 18.2 Å². The van der Waals surface area contributed by atoms with Gasteiger partial charge in [-0.25, -0.2) is 9.97 Å². The number of aryl methyl sites for hydroxylation is 3. The Hall–Kier alpha value is -4.21. The van der Waals surface area contributed by atoms with Crippen LogP contribution in [0.3, 0.4) is 0 Å². The lowest BCUT2D eigenvalue weighted by molar-refractivity contribution is -0.137. The quantitative estimate of drug-likeness (QED) is 0.350. The second-order valence-electron chi connectivity index (χ2n) is 8.12. The average molecular weight is 496 g/mol. The van der Waals surface area contributed by atoms with Crippen LogP contribution in [0.15, 0.2) is 71.9 Å². The number of hydrogen-bond donors (Lipinski definition) is 0. The summed E-state index contributed by atoms with van der Waals surface area (Å²) in [4.78, 5) is 24.9. The predicted octanol–water partition coefficient (Wildman–Crippen LogP) is 4.77. The van der Waals surface area contributed by atoms with Crippen molar-refractivity contribution in [3.63, 3.8) is 0 Å². The molecule has 0 atom stereocenters. The standard InChI is InChI=1S/C26H23F3N4O3/c1-33-16-19(12-18-14-30-25(35-2)31-15-18)24(34)32-23(33)11-8-17-6-9-21(10-7-17)36-22-5-3-4-20(13-22)26(27,28)29/h3-7,9-10,13-16H,8,11-12H2,1-2H3. The smallest absolute Gasteiger partial charge is 0.416 e. The van der Waals surface area contributed by atoms with E-state index < -0.39 is 11.7 Å². The molecule has 0 bridgehead atoms. The zero-order chi connectivity index (χ0) is 25.7. The third-order valence-corrected chi connectivity index (χ3v) is 5.48. The van der Waals surface area contributed by atoms with Gasteiger partial charge in [-0.15, -0.1) is 0 Å². The number of ether oxygens (including phenoxy) is 2. The molecule has 4 aromatic rings. The Labute approximate surface area is 205 Å². The molecule has 0 N–H and O–H groups in total. The van der Waals surface area contributed by atoms with Crippen LogP contribution in [-0.4, -0.2) is 26.6 Å². The summed E-state index contributed by atoms with van der Waals surface area (Å²) >= 11 is 0. The van der Waals surface area contributed by atoms with E-state index in [1.165, 1.54) is 19.2 Å². The molecule has 0 fully saturated rings. The van der Waals surface area contributed by atoms with Crippen LogP contribution in [0.1, 0.15) is 28.1 Å². The number of rotatable bonds is 8. The van der Waals surface area contributed by atoms with E-state index in [0.29, 0.717) is 36.4 Å². The number of hydrogen-bond acceptors (Lipinski definition) is 6. The van der Waals surface area contributed by atoms with E-state index >= 15 is 0 Å². The van der Waals surface area contributed by atoms with E-state index in [1.54, 1.807) is 30.7 Å². The molecule has 4 rings (SSSR count). The van der Waals surface area contributed by atoms with Crippen LogP contribution in [-0.2, 0) is 32.5 Å². The largest absolute Gasteiger partial charge is 0.467 e. The number of methoxy groups -OCH3 is 1. The van der Waals surface area contributed by atoms with Gasteiger partial charge < -0.3 is 14.0 Å². The topological polar surface area (TPSA) is 79.1 Å². The molecule has 0 saturated heterocycles. The molecule has 0 spiro atoms. The first-order chi connectivity index (χ1) is 17.2. The summed E-state index contributed by atoms with van der Waals surface area (Å²) in [6.45, 7) is 0. The lowest BCUT2D eigenvalue weighted by Crippen LogP contribution is -2.21. The highest BCUT2D eigenvalue weighted by atomic mass is 19.4. The van der Waals surface area contributed by atoms with Crippen molar-refractivity contribution in [1.82, 2.24) is 19.5 Å². The van der Waals surface area contributed by atoms with Crippen LogP contribution in [0.4, 0.5) is 13.2 Å². The van der Waals surface area contributed by atoms with Gasteiger partial charge in [0, 0.05) is 44.0 Å². The highest BCUT2D eigenvalue weighted by Crippen LogP contribution is 2.32. The summed E-state index contributed by atoms with van der Waals surface area (Å²) in [6, 6.07) is 12.1. The first-order valence-electron chi connectivity index (χ1n) is 11.1. The van der Waals surface area contributed by atoms with Crippen LogP contribution in [0.25, 0.3) is 0 Å². The molecule has 2 heterocycles. The summed E-state index contributed by atoms with van der Waals surface area (Å²) < 4.78 is 51.0. The van der Waals surface area contributed by atoms with Crippen molar-refractivity contribution in [3.05, 3.63) is 106 Å². The molecule has 2 aromatic carbocycles. The van der Waals surface area contributed by atoms with Gasteiger partial charge in [0.1, 0.15) is 17.3 Å². The van der Waals surface area contributed by atoms with Crippen molar-refractivity contribution in [2.75, 3.05) is 7.11 Å². The minimum atomic E-state index is -4.43. The minimum absolute atomic E-state index is 0.109. The van der Waals surface area contributed by atoms with Crippen LogP contribution >= 0.6 is 0 Å². The van der Waals surface area contributed by atoms with Gasteiger partial charge in [-0.05, 0) is 47.9 Å². The molecule has 0 saturated carbocycles. The van der Waals surface area contributed by atoms with E-state index in [-0.39, 0.29) is 17.3 Å². The molecule has 10 heteroatoms. The number of alkyl halides is 3. The molecule has 0 radical (unpaired) electrons. The molecule has 2 aromatic heterocycles. The van der Waals surface area contributed by atoms with Crippen molar-refractivity contribution in [1.29, 1.82) is 0 Å². The Morgan fingerprint density at radius 1 is 0.944 bits per heavy atom. The van der Waals surface area contributed by atoms with Crippen molar-refractivity contribution in [3.8, 4) is 17.5 Å². The number of aromatic nitrogens is 4. The molecular formula is C26H23F3N4O3. The highest BCUT2D eigenvalue weighted by molar-refractivity contribution is 5.36. The second-order valence-corrected chi connectivity index (χ2v) is 8.12. The maximum Gasteiger partial charge on any atom is 0.416 e. The summed E-state index contributed by atoms with van der Waals surface area (Å²) in [5, 5.41) is 0. The van der Waals surface area contributed by atoms with Gasteiger partial charge in [-0.3, -0.25) is 4.79 Å². The third kappa shape index (κ3) is 6.26. The summed E-state index contributed by atoms with van der Waals surface area (Å²) in [7, 11) is 3.32. The van der Waals surface area contributed by atoms with Crippen LogP contribution < -0.4 is 15.0 Å². The molecule has 36 heavy (non-hydrogen) atoms. The van der Waals surface area contributed by atoms with Crippen molar-refractivity contribution >= 4 is 0 Å². The van der Waals surface area contributed by atoms with Crippen LogP contribution in [0.2, 0.25) is 0 Å². The molecule has 0 unspecified atom stereocenters. The van der Waals surface area contributed by atoms with Crippen molar-refractivity contribution < 1.29 is 22.6 Å². The normalized spacial score (nSPS) is 11.4. The van der Waals surface area contributed by atoms with Gasteiger partial charge in [0.05, 0.1) is 12.7 Å². The van der Waals surface area contributed by atoms with E-state index in [1.807, 2.05) is 23.7 Å². The Kier molecular flexibility index (Phi) is 7.33. The van der Waals surface area contributed by atoms with E-state index in [4.69, 9.17) is 9.47 Å². The highest BCUT2D eigenvalue weighted by Gasteiger charge is 2.30. The Morgan fingerprint density at radius 2 is 1.67 bits per heavy atom. The first kappa shape index (κ1) is 24.9. The fraction of sp³-hybridized carbons (Fsp3) is 0.231. The lowest BCUT2D eigenvalue weighted by atomic mass is 10.1. The maximum atomic E-state index is 12.9. The third-order valence-electron chi connectivity index (χ3n) is 5.48. The van der Waals surface area contributed by atoms with Gasteiger partial charge in [0.15, 0.2) is 0 Å². The summed E-state index contributed by atoms with van der Waals surface area (Å²) in [6.07, 6.45) is 2.07. The Bertz CT molecular complexity index is 1390. The number of benzene rings is 2. The number of nitrogens with zero attached hydrogens (tertiary/aromatic N) is 4. The zero-order valence-electron chi connectivity index (χ0n) is 19.6. The van der Waals surface area contributed by atoms with Crippen LogP contribution in [0, 0.1) is 0 Å². The lowest BCUT2D eigenvalue weighted by Gasteiger charge is -2.11. The molecule has 0 amide bonds. The minimum Gasteiger partial charge on any atom is -0.467 e. The molecule has 0 aliphatic rings. The molecule has 186 valence electrons. The second kappa shape index (κ2) is 10.6. The van der Waals surface area contributed by atoms with Crippen molar-refractivity contribution in [2.45, 2.75) is 25.4 Å². The van der Waals surface area contributed by atoms with E-state index in [2.05, 4.69) is 15.0 Å². The fourth-order valence-corrected chi connectivity index (χ4v) is 3.60. The molecule has 7 nitrogen and oxygen atoms in total. The summed E-state index contributed by atoms with van der Waals surface area (Å²) in [5.41, 5.74) is 1.21. The van der Waals surface area contributed by atoms with E-state index in [9.17, 15) is 18.0 Å². The molecule has 0 aliphatic carbocycles. The van der Waals surface area contributed by atoms with Gasteiger partial charge in [0.2, 0.25) is 0 Å². The monoisotopic (exact) mass is 496 g/mol. The first-order valence-corrected chi connectivity index (χ1v) is 11.1. The average Bonchev–Trinajstić information content (AvgIpc) is 2.86. The Balaban J connectivity index is 1.38. The number of halogens is 3. The van der Waals surface area contributed by atoms with E-state index in [0.717, 1.165) is 23.3 Å². The van der Waals surface area contributed by atoms with Crippen molar-refractivity contribution in [2.24, 2.45) is 7.05 Å². The zero-order valence-corrected chi connectivity index (χ0v) is 19.6. The fourth-order valence-electron chi connectivity index (χ4n) is 3.60. The van der Waals surface area contributed by atoms with Gasteiger partial charge >= 0.3 is 12.2 Å². The van der Waals surface area contributed by atoms with Gasteiger partial charge in [-0.2, -0.15) is 18.2 Å². The Morgan fingerprint density at radius 3 is 2.33 bits per heavy atom. The summed E-state index contributed by atoms with van der Waals surface area (Å²) in [5.74, 6) is 1.17. The predicted molar refractivity (Wildman–Crippen MR) is 126 cm³/mol. The maximum absolute atomic E-state index is 12.9. The molecular weight excluding hydrogens is 473 g/mol. The van der Waals surface area contributed by atoms with Gasteiger partial charge in [0.25, 0.3) is 5.56 Å². The SMILES string of the molecule is COc1ncc(Cc2cn(C)c(CCc3ccc(Oc4cccc(C(F)(F)F)c4)cc3)nc2=O)cn1.